The van der Waals surface area contributed by atoms with Gasteiger partial charge in [0.1, 0.15) is 6.04 Å². The van der Waals surface area contributed by atoms with E-state index in [1.54, 1.807) is 18.2 Å². The fourth-order valence-corrected chi connectivity index (χ4v) is 3.42. The number of amides is 1. The maximum atomic E-state index is 12.4. The summed E-state index contributed by atoms with van der Waals surface area (Å²) in [6, 6.07) is 12.3. The number of nitro groups is 1. The van der Waals surface area contributed by atoms with Crippen molar-refractivity contribution in [2.45, 2.75) is 17.4 Å². The van der Waals surface area contributed by atoms with Gasteiger partial charge in [-0.3, -0.25) is 14.9 Å². The molecule has 0 fully saturated rings. The molecule has 0 aliphatic rings. The van der Waals surface area contributed by atoms with Gasteiger partial charge in [0.2, 0.25) is 15.9 Å². The lowest BCUT2D eigenvalue weighted by Gasteiger charge is -2.17. The summed E-state index contributed by atoms with van der Waals surface area (Å²) in [6.07, 6.45) is 0.0593. The van der Waals surface area contributed by atoms with Gasteiger partial charge in [-0.1, -0.05) is 30.3 Å². The van der Waals surface area contributed by atoms with Gasteiger partial charge in [0.25, 0.3) is 5.69 Å². The van der Waals surface area contributed by atoms with E-state index in [4.69, 9.17) is 0 Å². The molecule has 1 amide bonds. The lowest BCUT2D eigenvalue weighted by molar-refractivity contribution is -0.384. The number of non-ortho nitro benzene ring substituents is 1. The zero-order valence-corrected chi connectivity index (χ0v) is 14.2. The Morgan fingerprint density at radius 2 is 1.72 bits per heavy atom. The summed E-state index contributed by atoms with van der Waals surface area (Å²) in [5, 5.41) is 13.1. The van der Waals surface area contributed by atoms with Crippen molar-refractivity contribution in [1.82, 2.24) is 10.0 Å². The minimum Gasteiger partial charge on any atom is -0.358 e. The van der Waals surface area contributed by atoms with E-state index in [0.717, 1.165) is 0 Å². The first-order valence-corrected chi connectivity index (χ1v) is 8.84. The van der Waals surface area contributed by atoms with Crippen LogP contribution in [0, 0.1) is 10.1 Å². The van der Waals surface area contributed by atoms with Crippen LogP contribution in [0.5, 0.6) is 0 Å². The van der Waals surface area contributed by atoms with E-state index in [2.05, 4.69) is 10.0 Å². The Morgan fingerprint density at radius 3 is 2.24 bits per heavy atom. The first-order valence-electron chi connectivity index (χ1n) is 7.36. The summed E-state index contributed by atoms with van der Waals surface area (Å²) in [5.74, 6) is -0.502. The number of carbonyl (C=O) groups excluding carboxylic acids is 1. The molecule has 0 radical (unpaired) electrons. The van der Waals surface area contributed by atoms with Crippen LogP contribution in [0.4, 0.5) is 5.69 Å². The molecular weight excluding hydrogens is 346 g/mol. The van der Waals surface area contributed by atoms with Crippen molar-refractivity contribution in [2.75, 3.05) is 7.05 Å². The predicted octanol–water partition coefficient (Wildman–Crippen LogP) is 1.23. The third-order valence-corrected chi connectivity index (χ3v) is 4.99. The molecule has 0 aliphatic heterocycles. The molecule has 132 valence electrons. The Balaban J connectivity index is 2.22. The summed E-state index contributed by atoms with van der Waals surface area (Å²) in [5.41, 5.74) is 0.514. The van der Waals surface area contributed by atoms with E-state index in [1.807, 2.05) is 0 Å². The van der Waals surface area contributed by atoms with Gasteiger partial charge < -0.3 is 5.32 Å². The highest BCUT2D eigenvalue weighted by molar-refractivity contribution is 7.89. The lowest BCUT2D eigenvalue weighted by atomic mass is 10.1. The van der Waals surface area contributed by atoms with Gasteiger partial charge in [0.15, 0.2) is 0 Å². The smallest absolute Gasteiger partial charge is 0.269 e. The van der Waals surface area contributed by atoms with E-state index in [9.17, 15) is 23.3 Å². The van der Waals surface area contributed by atoms with E-state index >= 15 is 0 Å². The molecule has 2 aromatic rings. The Bertz CT molecular complexity index is 851. The number of benzene rings is 2. The standard InChI is InChI=1S/C16H17N3O5S/c1-17-16(20)15(11-12-7-9-13(10-8-12)19(21)22)18-25(23,24)14-5-3-2-4-6-14/h2-10,15,18H,11H2,1H3,(H,17,20). The Kier molecular flexibility index (Phi) is 5.84. The number of hydrogen-bond donors (Lipinski definition) is 2. The van der Waals surface area contributed by atoms with Crippen molar-refractivity contribution in [3.05, 3.63) is 70.3 Å². The van der Waals surface area contributed by atoms with Gasteiger partial charge in [0, 0.05) is 19.2 Å². The Hall–Kier alpha value is -2.78. The number of carbonyl (C=O) groups is 1. The van der Waals surface area contributed by atoms with Crippen LogP contribution in [0.1, 0.15) is 5.56 Å². The number of nitrogens with one attached hydrogen (secondary N) is 2. The zero-order valence-electron chi connectivity index (χ0n) is 13.4. The van der Waals surface area contributed by atoms with Crippen molar-refractivity contribution in [2.24, 2.45) is 0 Å². The predicted molar refractivity (Wildman–Crippen MR) is 91.4 cm³/mol. The van der Waals surface area contributed by atoms with Crippen LogP contribution in [0.3, 0.4) is 0 Å². The second-order valence-electron chi connectivity index (χ2n) is 5.23. The molecule has 0 saturated heterocycles. The van der Waals surface area contributed by atoms with Crippen LogP contribution >= 0.6 is 0 Å². The molecule has 0 saturated carbocycles. The number of nitrogens with zero attached hydrogens (tertiary/aromatic N) is 1. The van der Waals surface area contributed by atoms with E-state index in [-0.39, 0.29) is 17.0 Å². The van der Waals surface area contributed by atoms with Gasteiger partial charge >= 0.3 is 0 Å². The fraction of sp³-hybridized carbons (Fsp3) is 0.188. The van der Waals surface area contributed by atoms with Gasteiger partial charge in [-0.15, -0.1) is 0 Å². The maximum Gasteiger partial charge on any atom is 0.269 e. The van der Waals surface area contributed by atoms with E-state index in [0.29, 0.717) is 5.56 Å². The minimum atomic E-state index is -3.88. The summed E-state index contributed by atoms with van der Waals surface area (Å²) >= 11 is 0. The van der Waals surface area contributed by atoms with Crippen LogP contribution in [0.25, 0.3) is 0 Å². The average molecular weight is 363 g/mol. The molecule has 2 aromatic carbocycles. The number of nitro benzene ring substituents is 1. The highest BCUT2D eigenvalue weighted by atomic mass is 32.2. The summed E-state index contributed by atoms with van der Waals surface area (Å²) in [6.45, 7) is 0. The van der Waals surface area contributed by atoms with Crippen molar-refractivity contribution in [3.63, 3.8) is 0 Å². The molecule has 1 atom stereocenters. The topological polar surface area (TPSA) is 118 Å². The summed E-state index contributed by atoms with van der Waals surface area (Å²) in [4.78, 5) is 22.3. The molecule has 2 rings (SSSR count). The fourth-order valence-electron chi connectivity index (χ4n) is 2.21. The molecule has 0 aliphatic carbocycles. The first-order chi connectivity index (χ1) is 11.8. The van der Waals surface area contributed by atoms with Crippen LogP contribution in [0.2, 0.25) is 0 Å². The molecule has 0 bridgehead atoms. The molecular formula is C16H17N3O5S. The van der Waals surface area contributed by atoms with Crippen LogP contribution in [-0.4, -0.2) is 32.3 Å². The SMILES string of the molecule is CNC(=O)C(Cc1ccc([N+](=O)[O-])cc1)NS(=O)(=O)c1ccccc1. The molecule has 0 heterocycles. The number of likely N-dealkylation sites (N-methyl/N-ethyl adjacent to an activating group) is 1. The normalized spacial score (nSPS) is 12.4. The number of rotatable bonds is 7. The van der Waals surface area contributed by atoms with Gasteiger partial charge in [-0.25, -0.2) is 8.42 Å². The van der Waals surface area contributed by atoms with E-state index in [1.165, 1.54) is 43.4 Å². The summed E-state index contributed by atoms with van der Waals surface area (Å²) < 4.78 is 27.2. The second kappa shape index (κ2) is 7.86. The zero-order chi connectivity index (χ0) is 18.4. The third-order valence-electron chi connectivity index (χ3n) is 3.50. The molecule has 8 nitrogen and oxygen atoms in total. The molecule has 1 unspecified atom stereocenters. The maximum absolute atomic E-state index is 12.4. The largest absolute Gasteiger partial charge is 0.358 e. The van der Waals surface area contributed by atoms with Crippen molar-refractivity contribution in [3.8, 4) is 0 Å². The van der Waals surface area contributed by atoms with Crippen LogP contribution < -0.4 is 10.0 Å². The number of sulfonamides is 1. The minimum absolute atomic E-state index is 0.0487. The second-order valence-corrected chi connectivity index (χ2v) is 6.94. The quantitative estimate of drug-likeness (QED) is 0.566. The van der Waals surface area contributed by atoms with Crippen LogP contribution in [-0.2, 0) is 21.2 Å². The first kappa shape index (κ1) is 18.6. The third kappa shape index (κ3) is 4.85. The summed E-state index contributed by atoms with van der Waals surface area (Å²) in [7, 11) is -2.47. The monoisotopic (exact) mass is 363 g/mol. The van der Waals surface area contributed by atoms with Gasteiger partial charge in [0.05, 0.1) is 9.82 Å². The lowest BCUT2D eigenvalue weighted by Crippen LogP contribution is -2.46. The highest BCUT2D eigenvalue weighted by Crippen LogP contribution is 2.15. The molecule has 25 heavy (non-hydrogen) atoms. The van der Waals surface area contributed by atoms with Crippen molar-refractivity contribution < 1.29 is 18.1 Å². The molecule has 2 N–H and O–H groups in total. The average Bonchev–Trinajstić information content (AvgIpc) is 2.61. The van der Waals surface area contributed by atoms with Gasteiger partial charge in [-0.05, 0) is 24.1 Å². The van der Waals surface area contributed by atoms with Gasteiger partial charge in [-0.2, -0.15) is 4.72 Å². The Morgan fingerprint density at radius 1 is 1.12 bits per heavy atom. The van der Waals surface area contributed by atoms with Crippen LogP contribution in [0.15, 0.2) is 59.5 Å². The molecule has 0 aromatic heterocycles. The Labute approximate surface area is 145 Å². The molecule has 9 heteroatoms. The molecule has 0 spiro atoms. The highest BCUT2D eigenvalue weighted by Gasteiger charge is 2.25. The van der Waals surface area contributed by atoms with Crippen molar-refractivity contribution in [1.29, 1.82) is 0 Å². The van der Waals surface area contributed by atoms with E-state index < -0.39 is 26.9 Å². The van der Waals surface area contributed by atoms with Crippen molar-refractivity contribution >= 4 is 21.6 Å². The number of hydrogen-bond acceptors (Lipinski definition) is 5.